The zero-order chi connectivity index (χ0) is 16.9. The highest BCUT2D eigenvalue weighted by atomic mass is 19.3. The first-order valence-corrected chi connectivity index (χ1v) is 8.06. The molecule has 2 saturated heterocycles. The molecule has 8 heteroatoms. The first-order valence-electron chi connectivity index (χ1n) is 8.06. The van der Waals surface area contributed by atoms with Gasteiger partial charge in [-0.1, -0.05) is 6.07 Å². The number of urea groups is 1. The number of amides is 2. The number of rotatable bonds is 5. The number of carbonyl (C=O) groups is 1. The Morgan fingerprint density at radius 1 is 1.29 bits per heavy atom. The normalized spacial score (nSPS) is 24.3. The summed E-state index contributed by atoms with van der Waals surface area (Å²) in [6.07, 6.45) is 2.35. The largest absolute Gasteiger partial charge is 0.435 e. The van der Waals surface area contributed by atoms with Crippen LogP contribution >= 0.6 is 0 Å². The third kappa shape index (κ3) is 4.33. The highest BCUT2D eigenvalue weighted by Gasteiger charge is 2.35. The van der Waals surface area contributed by atoms with Gasteiger partial charge in [0.2, 0.25) is 0 Å². The molecule has 0 unspecified atom stereocenters. The number of nitrogens with zero attached hydrogens (tertiary/aromatic N) is 1. The number of ether oxygens (including phenoxy) is 2. The number of halogens is 2. The topological polar surface area (TPSA) is 62.8 Å². The van der Waals surface area contributed by atoms with E-state index in [-0.39, 0.29) is 23.9 Å². The van der Waals surface area contributed by atoms with Gasteiger partial charge in [-0.25, -0.2) is 4.79 Å². The SMILES string of the molecule is O=C(Nc1cccc(OC(F)F)c1)N[C@H]1COC[C@@H]1N1CCCC1. The lowest BCUT2D eigenvalue weighted by atomic mass is 10.1. The van der Waals surface area contributed by atoms with E-state index in [1.807, 2.05) is 0 Å². The van der Waals surface area contributed by atoms with Crippen LogP contribution < -0.4 is 15.4 Å². The second kappa shape index (κ2) is 7.76. The zero-order valence-electron chi connectivity index (χ0n) is 13.2. The van der Waals surface area contributed by atoms with Crippen LogP contribution in [0.2, 0.25) is 0 Å². The zero-order valence-corrected chi connectivity index (χ0v) is 13.2. The molecule has 24 heavy (non-hydrogen) atoms. The van der Waals surface area contributed by atoms with Crippen LogP contribution in [0.15, 0.2) is 24.3 Å². The molecular weight excluding hydrogens is 320 g/mol. The Hall–Kier alpha value is -1.93. The average molecular weight is 341 g/mol. The van der Waals surface area contributed by atoms with E-state index < -0.39 is 6.61 Å². The van der Waals surface area contributed by atoms with Crippen molar-refractivity contribution < 1.29 is 23.0 Å². The van der Waals surface area contributed by atoms with Gasteiger partial charge in [0.15, 0.2) is 0 Å². The van der Waals surface area contributed by atoms with Gasteiger partial charge in [0, 0.05) is 11.8 Å². The highest BCUT2D eigenvalue weighted by molar-refractivity contribution is 5.89. The molecule has 2 aliphatic rings. The molecule has 0 aromatic heterocycles. The molecule has 2 amide bonds. The van der Waals surface area contributed by atoms with Gasteiger partial charge in [0.05, 0.1) is 25.3 Å². The second-order valence-electron chi connectivity index (χ2n) is 5.96. The van der Waals surface area contributed by atoms with E-state index in [0.29, 0.717) is 18.9 Å². The van der Waals surface area contributed by atoms with Crippen molar-refractivity contribution in [3.63, 3.8) is 0 Å². The van der Waals surface area contributed by atoms with Crippen LogP contribution in [0.3, 0.4) is 0 Å². The molecule has 2 aliphatic heterocycles. The second-order valence-corrected chi connectivity index (χ2v) is 5.96. The van der Waals surface area contributed by atoms with Crippen LogP contribution in [0.5, 0.6) is 5.75 Å². The van der Waals surface area contributed by atoms with Crippen molar-refractivity contribution in [2.75, 3.05) is 31.6 Å². The van der Waals surface area contributed by atoms with Gasteiger partial charge in [-0.2, -0.15) is 8.78 Å². The summed E-state index contributed by atoms with van der Waals surface area (Å²) < 4.78 is 34.3. The number of hydrogen-bond acceptors (Lipinski definition) is 4. The summed E-state index contributed by atoms with van der Waals surface area (Å²) in [5.41, 5.74) is 0.391. The summed E-state index contributed by atoms with van der Waals surface area (Å²) in [5, 5.41) is 5.55. The Morgan fingerprint density at radius 2 is 2.08 bits per heavy atom. The van der Waals surface area contributed by atoms with Crippen molar-refractivity contribution in [3.8, 4) is 5.75 Å². The lowest BCUT2D eigenvalue weighted by molar-refractivity contribution is -0.0497. The Balaban J connectivity index is 1.55. The van der Waals surface area contributed by atoms with E-state index in [1.165, 1.54) is 25.0 Å². The van der Waals surface area contributed by atoms with Crippen LogP contribution in [0.1, 0.15) is 12.8 Å². The van der Waals surface area contributed by atoms with Crippen LogP contribution in [0, 0.1) is 0 Å². The first kappa shape index (κ1) is 16.9. The third-order valence-electron chi connectivity index (χ3n) is 4.29. The first-order chi connectivity index (χ1) is 11.6. The van der Waals surface area contributed by atoms with E-state index in [9.17, 15) is 13.6 Å². The van der Waals surface area contributed by atoms with Crippen molar-refractivity contribution in [1.82, 2.24) is 10.2 Å². The summed E-state index contributed by atoms with van der Waals surface area (Å²) >= 11 is 0. The Kier molecular flexibility index (Phi) is 5.47. The smallest absolute Gasteiger partial charge is 0.387 e. The number of benzene rings is 1. The van der Waals surface area contributed by atoms with Crippen LogP contribution in [0.4, 0.5) is 19.3 Å². The Bertz CT molecular complexity index is 567. The molecular formula is C16H21F2N3O3. The van der Waals surface area contributed by atoms with Crippen LogP contribution in [-0.2, 0) is 4.74 Å². The minimum absolute atomic E-state index is 0.00180. The van der Waals surface area contributed by atoms with E-state index in [0.717, 1.165) is 13.1 Å². The quantitative estimate of drug-likeness (QED) is 0.862. The summed E-state index contributed by atoms with van der Waals surface area (Å²) in [6.45, 7) is 0.249. The Morgan fingerprint density at radius 3 is 2.83 bits per heavy atom. The van der Waals surface area contributed by atoms with Gasteiger partial charge in [0.25, 0.3) is 0 Å². The number of nitrogens with one attached hydrogen (secondary N) is 2. The van der Waals surface area contributed by atoms with Gasteiger partial charge in [-0.05, 0) is 38.1 Å². The fraction of sp³-hybridized carbons (Fsp3) is 0.562. The molecule has 1 aromatic carbocycles. The van der Waals surface area contributed by atoms with E-state index in [1.54, 1.807) is 12.1 Å². The number of anilines is 1. The summed E-state index contributed by atoms with van der Waals surface area (Å²) in [7, 11) is 0. The number of hydrogen-bond donors (Lipinski definition) is 2. The lowest BCUT2D eigenvalue weighted by Crippen LogP contribution is -2.51. The molecule has 0 spiro atoms. The molecule has 0 aliphatic carbocycles. The van der Waals surface area contributed by atoms with Crippen LogP contribution in [0.25, 0.3) is 0 Å². The van der Waals surface area contributed by atoms with Crippen molar-refractivity contribution in [2.45, 2.75) is 31.5 Å². The molecule has 132 valence electrons. The lowest BCUT2D eigenvalue weighted by Gasteiger charge is -2.27. The molecule has 2 heterocycles. The highest BCUT2D eigenvalue weighted by Crippen LogP contribution is 2.21. The minimum atomic E-state index is -2.90. The van der Waals surface area contributed by atoms with Gasteiger partial charge >= 0.3 is 12.6 Å². The average Bonchev–Trinajstić information content (AvgIpc) is 3.17. The predicted molar refractivity (Wildman–Crippen MR) is 84.4 cm³/mol. The van der Waals surface area contributed by atoms with Crippen molar-refractivity contribution in [1.29, 1.82) is 0 Å². The number of carbonyl (C=O) groups excluding carboxylic acids is 1. The maximum atomic E-state index is 12.2. The molecule has 3 rings (SSSR count). The monoisotopic (exact) mass is 341 g/mol. The molecule has 6 nitrogen and oxygen atoms in total. The molecule has 2 N–H and O–H groups in total. The van der Waals surface area contributed by atoms with E-state index in [2.05, 4.69) is 20.3 Å². The number of alkyl halides is 2. The number of likely N-dealkylation sites (tertiary alicyclic amines) is 1. The van der Waals surface area contributed by atoms with Gasteiger partial charge in [-0.3, -0.25) is 4.90 Å². The maximum absolute atomic E-state index is 12.2. The summed E-state index contributed by atoms with van der Waals surface area (Å²) in [6, 6.07) is 5.64. The van der Waals surface area contributed by atoms with Crippen molar-refractivity contribution in [2.24, 2.45) is 0 Å². The predicted octanol–water partition coefficient (Wildman–Crippen LogP) is 2.27. The fourth-order valence-corrected chi connectivity index (χ4v) is 3.20. The van der Waals surface area contributed by atoms with E-state index >= 15 is 0 Å². The molecule has 0 bridgehead atoms. The van der Waals surface area contributed by atoms with Crippen molar-refractivity contribution >= 4 is 11.7 Å². The molecule has 0 radical (unpaired) electrons. The Labute approximate surface area is 139 Å². The maximum Gasteiger partial charge on any atom is 0.387 e. The third-order valence-corrected chi connectivity index (χ3v) is 4.29. The van der Waals surface area contributed by atoms with Crippen molar-refractivity contribution in [3.05, 3.63) is 24.3 Å². The minimum Gasteiger partial charge on any atom is -0.435 e. The van der Waals surface area contributed by atoms with Gasteiger partial charge in [0.1, 0.15) is 5.75 Å². The summed E-state index contributed by atoms with van der Waals surface area (Å²) in [4.78, 5) is 14.5. The summed E-state index contributed by atoms with van der Waals surface area (Å²) in [5.74, 6) is 0.00180. The standard InChI is InChI=1S/C16H21F2N3O3/c17-15(18)24-12-5-3-4-11(8-12)19-16(22)20-13-9-23-10-14(13)21-6-1-2-7-21/h3-5,8,13-15H,1-2,6-7,9-10H2,(H2,19,20,22)/t13-,14-/m0/s1. The molecule has 0 saturated carbocycles. The molecule has 2 fully saturated rings. The fourth-order valence-electron chi connectivity index (χ4n) is 3.20. The van der Waals surface area contributed by atoms with Crippen LogP contribution in [-0.4, -0.2) is 55.9 Å². The molecule has 1 aromatic rings. The van der Waals surface area contributed by atoms with Gasteiger partial charge in [-0.15, -0.1) is 0 Å². The van der Waals surface area contributed by atoms with Gasteiger partial charge < -0.3 is 20.1 Å². The molecule has 2 atom stereocenters. The van der Waals surface area contributed by atoms with E-state index in [4.69, 9.17) is 4.74 Å².